The molecular weight excluding hydrogens is 242 g/mol. The van der Waals surface area contributed by atoms with Gasteiger partial charge in [0.05, 0.1) is 13.0 Å². The van der Waals surface area contributed by atoms with Gasteiger partial charge in [-0.2, -0.15) is 0 Å². The maximum atomic E-state index is 12.3. The van der Waals surface area contributed by atoms with Crippen LogP contribution in [0.3, 0.4) is 0 Å². The van der Waals surface area contributed by atoms with Crippen LogP contribution in [-0.2, 0) is 14.3 Å². The van der Waals surface area contributed by atoms with E-state index < -0.39 is 11.8 Å². The quantitative estimate of drug-likeness (QED) is 0.784. The second-order valence-electron chi connectivity index (χ2n) is 4.83. The molecule has 1 amide bonds. The van der Waals surface area contributed by atoms with Crippen molar-refractivity contribution in [2.45, 2.75) is 20.8 Å². The fourth-order valence-electron chi connectivity index (χ4n) is 1.80. The largest absolute Gasteiger partial charge is 0.469 e. The van der Waals surface area contributed by atoms with E-state index in [1.807, 2.05) is 31.2 Å². The zero-order chi connectivity index (χ0) is 14.6. The van der Waals surface area contributed by atoms with Crippen molar-refractivity contribution in [2.75, 3.05) is 19.1 Å². The van der Waals surface area contributed by atoms with Gasteiger partial charge in [-0.3, -0.25) is 9.59 Å². The minimum atomic E-state index is -0.453. The highest BCUT2D eigenvalue weighted by Gasteiger charge is 2.29. The average molecular weight is 263 g/mol. The van der Waals surface area contributed by atoms with Gasteiger partial charge in [0.2, 0.25) is 5.91 Å². The molecular formula is C15H21NO3. The van der Waals surface area contributed by atoms with E-state index in [4.69, 9.17) is 0 Å². The number of methoxy groups -OCH3 is 1. The number of carbonyl (C=O) groups is 2. The maximum absolute atomic E-state index is 12.3. The molecule has 0 N–H and O–H groups in total. The van der Waals surface area contributed by atoms with Gasteiger partial charge in [0, 0.05) is 18.7 Å². The predicted octanol–water partition coefficient (Wildman–Crippen LogP) is 2.40. The van der Waals surface area contributed by atoms with Gasteiger partial charge >= 0.3 is 5.97 Å². The molecule has 2 unspecified atom stereocenters. The highest BCUT2D eigenvalue weighted by Crippen LogP contribution is 2.20. The number of nitrogens with zero attached hydrogens (tertiary/aromatic N) is 1. The Kier molecular flexibility index (Phi) is 5.10. The number of hydrogen-bond donors (Lipinski definition) is 0. The number of amides is 1. The molecule has 0 bridgehead atoms. The number of aryl methyl sites for hydroxylation is 1. The molecule has 0 aliphatic rings. The lowest BCUT2D eigenvalue weighted by Gasteiger charge is -2.24. The summed E-state index contributed by atoms with van der Waals surface area (Å²) in [6.45, 7) is 5.44. The van der Waals surface area contributed by atoms with E-state index in [0.717, 1.165) is 11.3 Å². The Labute approximate surface area is 114 Å². The smallest absolute Gasteiger partial charge is 0.309 e. The SMILES string of the molecule is COC(=O)C(C)C(C)C(=O)N(C)c1ccc(C)cc1. The second kappa shape index (κ2) is 6.36. The molecule has 0 aliphatic carbocycles. The second-order valence-corrected chi connectivity index (χ2v) is 4.83. The van der Waals surface area contributed by atoms with Crippen LogP contribution in [0.2, 0.25) is 0 Å². The summed E-state index contributed by atoms with van der Waals surface area (Å²) >= 11 is 0. The zero-order valence-electron chi connectivity index (χ0n) is 12.1. The standard InChI is InChI=1S/C15H21NO3/c1-10-6-8-13(9-7-10)16(4)14(17)11(2)12(3)15(18)19-5/h6-9,11-12H,1-5H3. The molecule has 0 saturated carbocycles. The van der Waals surface area contributed by atoms with E-state index in [1.54, 1.807) is 25.8 Å². The molecule has 4 heteroatoms. The molecule has 2 atom stereocenters. The van der Waals surface area contributed by atoms with E-state index in [1.165, 1.54) is 7.11 Å². The van der Waals surface area contributed by atoms with Crippen LogP contribution in [-0.4, -0.2) is 26.0 Å². The molecule has 0 aliphatic heterocycles. The fourth-order valence-corrected chi connectivity index (χ4v) is 1.80. The third kappa shape index (κ3) is 3.56. The van der Waals surface area contributed by atoms with Crippen LogP contribution in [0.4, 0.5) is 5.69 Å². The molecule has 0 spiro atoms. The van der Waals surface area contributed by atoms with Crippen LogP contribution < -0.4 is 4.90 Å². The first-order chi connectivity index (χ1) is 8.88. The predicted molar refractivity (Wildman–Crippen MR) is 74.9 cm³/mol. The molecule has 0 radical (unpaired) electrons. The summed E-state index contributed by atoms with van der Waals surface area (Å²) in [6, 6.07) is 7.69. The number of rotatable bonds is 4. The molecule has 0 fully saturated rings. The first-order valence-corrected chi connectivity index (χ1v) is 6.30. The average Bonchev–Trinajstić information content (AvgIpc) is 2.44. The third-order valence-corrected chi connectivity index (χ3v) is 3.46. The van der Waals surface area contributed by atoms with Crippen molar-refractivity contribution >= 4 is 17.6 Å². The first kappa shape index (κ1) is 15.2. The Morgan fingerprint density at radius 1 is 1.11 bits per heavy atom. The third-order valence-electron chi connectivity index (χ3n) is 3.46. The highest BCUT2D eigenvalue weighted by molar-refractivity contribution is 5.96. The summed E-state index contributed by atoms with van der Waals surface area (Å²) in [5, 5.41) is 0. The minimum Gasteiger partial charge on any atom is -0.469 e. The molecule has 0 aromatic heterocycles. The molecule has 1 aromatic rings. The summed E-state index contributed by atoms with van der Waals surface area (Å²) in [4.78, 5) is 25.3. The van der Waals surface area contributed by atoms with Crippen LogP contribution >= 0.6 is 0 Å². The molecule has 0 heterocycles. The van der Waals surface area contributed by atoms with Crippen molar-refractivity contribution in [1.29, 1.82) is 0 Å². The van der Waals surface area contributed by atoms with E-state index in [9.17, 15) is 9.59 Å². The van der Waals surface area contributed by atoms with Crippen molar-refractivity contribution in [3.63, 3.8) is 0 Å². The van der Waals surface area contributed by atoms with Crippen LogP contribution in [0.5, 0.6) is 0 Å². The Morgan fingerprint density at radius 2 is 1.63 bits per heavy atom. The highest BCUT2D eigenvalue weighted by atomic mass is 16.5. The van der Waals surface area contributed by atoms with Crippen LogP contribution in [0.25, 0.3) is 0 Å². The molecule has 1 aromatic carbocycles. The van der Waals surface area contributed by atoms with E-state index in [2.05, 4.69) is 4.74 Å². The fraction of sp³-hybridized carbons (Fsp3) is 0.467. The monoisotopic (exact) mass is 263 g/mol. The Hall–Kier alpha value is -1.84. The van der Waals surface area contributed by atoms with Gasteiger partial charge in [0.15, 0.2) is 0 Å². The van der Waals surface area contributed by atoms with Crippen molar-refractivity contribution < 1.29 is 14.3 Å². The Bertz CT molecular complexity index is 453. The minimum absolute atomic E-state index is 0.0956. The molecule has 19 heavy (non-hydrogen) atoms. The molecule has 0 saturated heterocycles. The van der Waals surface area contributed by atoms with Crippen LogP contribution in [0.1, 0.15) is 19.4 Å². The van der Waals surface area contributed by atoms with Gasteiger partial charge in [-0.05, 0) is 19.1 Å². The summed E-state index contributed by atoms with van der Waals surface area (Å²) in [5.41, 5.74) is 1.96. The van der Waals surface area contributed by atoms with Crippen molar-refractivity contribution in [3.8, 4) is 0 Å². The summed E-state index contributed by atoms with van der Waals surface area (Å²) in [5.74, 6) is -1.33. The van der Waals surface area contributed by atoms with Gasteiger partial charge in [0.25, 0.3) is 0 Å². The lowest BCUT2D eigenvalue weighted by atomic mass is 9.94. The summed E-state index contributed by atoms with van der Waals surface area (Å²) in [6.07, 6.45) is 0. The first-order valence-electron chi connectivity index (χ1n) is 6.30. The number of anilines is 1. The van der Waals surface area contributed by atoms with Gasteiger partial charge in [-0.25, -0.2) is 0 Å². The number of benzene rings is 1. The topological polar surface area (TPSA) is 46.6 Å². The van der Waals surface area contributed by atoms with E-state index in [0.29, 0.717) is 0 Å². The zero-order valence-corrected chi connectivity index (χ0v) is 12.1. The maximum Gasteiger partial charge on any atom is 0.309 e. The molecule has 104 valence electrons. The molecule has 1 rings (SSSR count). The lowest BCUT2D eigenvalue weighted by Crippen LogP contribution is -2.37. The van der Waals surface area contributed by atoms with Crippen LogP contribution in [0.15, 0.2) is 24.3 Å². The van der Waals surface area contributed by atoms with Gasteiger partial charge in [-0.1, -0.05) is 31.5 Å². The van der Waals surface area contributed by atoms with Gasteiger partial charge in [-0.15, -0.1) is 0 Å². The lowest BCUT2D eigenvalue weighted by molar-refractivity contribution is -0.148. The van der Waals surface area contributed by atoms with E-state index in [-0.39, 0.29) is 11.9 Å². The van der Waals surface area contributed by atoms with Gasteiger partial charge in [0.1, 0.15) is 0 Å². The summed E-state index contributed by atoms with van der Waals surface area (Å²) < 4.78 is 4.67. The van der Waals surface area contributed by atoms with E-state index >= 15 is 0 Å². The normalized spacial score (nSPS) is 13.5. The number of ether oxygens (including phenoxy) is 1. The Balaban J connectivity index is 2.82. The van der Waals surface area contributed by atoms with Crippen molar-refractivity contribution in [1.82, 2.24) is 0 Å². The Morgan fingerprint density at radius 3 is 2.11 bits per heavy atom. The summed E-state index contributed by atoms with van der Waals surface area (Å²) in [7, 11) is 3.05. The van der Waals surface area contributed by atoms with Crippen molar-refractivity contribution in [3.05, 3.63) is 29.8 Å². The van der Waals surface area contributed by atoms with Crippen LogP contribution in [0, 0.1) is 18.8 Å². The van der Waals surface area contributed by atoms with Gasteiger partial charge < -0.3 is 9.64 Å². The number of hydrogen-bond acceptors (Lipinski definition) is 3. The molecule has 4 nitrogen and oxygen atoms in total. The number of esters is 1. The number of carbonyl (C=O) groups excluding carboxylic acids is 2. The van der Waals surface area contributed by atoms with Crippen molar-refractivity contribution in [2.24, 2.45) is 11.8 Å².